The number of benzene rings is 2. The SMILES string of the molecule is O=C1C[C@H]2c3ccccc3[C@@H]1[C@@H]1C(=O)N(Cc3ccccc3)C(=O)[C@@H]12. The van der Waals surface area contributed by atoms with Crippen LogP contribution in [-0.4, -0.2) is 22.5 Å². The summed E-state index contributed by atoms with van der Waals surface area (Å²) in [5, 5.41) is 0. The van der Waals surface area contributed by atoms with Gasteiger partial charge in [0.05, 0.1) is 24.3 Å². The van der Waals surface area contributed by atoms with Gasteiger partial charge in [-0.1, -0.05) is 54.6 Å². The molecule has 2 amide bonds. The number of nitrogens with zero attached hydrogens (tertiary/aromatic N) is 1. The number of likely N-dealkylation sites (tertiary alicyclic amines) is 1. The van der Waals surface area contributed by atoms with E-state index in [0.29, 0.717) is 6.42 Å². The van der Waals surface area contributed by atoms with E-state index < -0.39 is 11.8 Å². The molecule has 1 saturated carbocycles. The van der Waals surface area contributed by atoms with Crippen LogP contribution >= 0.6 is 0 Å². The molecule has 0 radical (unpaired) electrons. The number of ketones is 1. The lowest BCUT2D eigenvalue weighted by Crippen LogP contribution is -2.44. The molecule has 4 atom stereocenters. The molecule has 4 aliphatic rings. The Labute approximate surface area is 145 Å². The first-order valence-corrected chi connectivity index (χ1v) is 8.67. The van der Waals surface area contributed by atoms with Gasteiger partial charge in [0.25, 0.3) is 0 Å². The van der Waals surface area contributed by atoms with Crippen molar-refractivity contribution >= 4 is 17.6 Å². The minimum atomic E-state index is -0.516. The highest BCUT2D eigenvalue weighted by atomic mass is 16.2. The minimum Gasteiger partial charge on any atom is -0.299 e. The molecule has 1 saturated heterocycles. The number of imide groups is 1. The van der Waals surface area contributed by atoms with E-state index >= 15 is 0 Å². The second kappa shape index (κ2) is 5.12. The molecule has 3 aliphatic carbocycles. The van der Waals surface area contributed by atoms with Crippen LogP contribution in [-0.2, 0) is 20.9 Å². The van der Waals surface area contributed by atoms with Gasteiger partial charge >= 0.3 is 0 Å². The zero-order chi connectivity index (χ0) is 17.1. The summed E-state index contributed by atoms with van der Waals surface area (Å²) < 4.78 is 0. The molecule has 1 heterocycles. The number of hydrogen-bond acceptors (Lipinski definition) is 3. The van der Waals surface area contributed by atoms with Crippen LogP contribution in [0.15, 0.2) is 54.6 Å². The van der Waals surface area contributed by atoms with Crippen LogP contribution < -0.4 is 0 Å². The standard InChI is InChI=1S/C21H17NO3/c23-16-10-15-13-8-4-5-9-14(13)17(16)19-18(15)20(24)22(21(19)25)11-12-6-2-1-3-7-12/h1-9,15,17-19H,10-11H2/t15-,17-,18+,19-/m0/s1. The molecule has 2 bridgehead atoms. The Hall–Kier alpha value is -2.75. The van der Waals surface area contributed by atoms with Crippen LogP contribution in [0, 0.1) is 11.8 Å². The monoisotopic (exact) mass is 331 g/mol. The molecular weight excluding hydrogens is 314 g/mol. The van der Waals surface area contributed by atoms with E-state index in [0.717, 1.165) is 16.7 Å². The highest BCUT2D eigenvalue weighted by molar-refractivity contribution is 6.11. The first-order valence-electron chi connectivity index (χ1n) is 8.67. The Morgan fingerprint density at radius 2 is 1.44 bits per heavy atom. The third-order valence-corrected chi connectivity index (χ3v) is 5.96. The van der Waals surface area contributed by atoms with Crippen LogP contribution in [0.25, 0.3) is 0 Å². The van der Waals surface area contributed by atoms with Gasteiger partial charge in [-0.25, -0.2) is 0 Å². The maximum absolute atomic E-state index is 13.1. The van der Waals surface area contributed by atoms with Gasteiger partial charge < -0.3 is 0 Å². The third kappa shape index (κ3) is 1.91. The number of Topliss-reactive ketones (excluding diaryl/α,β-unsaturated/α-hetero) is 1. The van der Waals surface area contributed by atoms with E-state index in [2.05, 4.69) is 0 Å². The van der Waals surface area contributed by atoms with E-state index in [4.69, 9.17) is 0 Å². The minimum absolute atomic E-state index is 0.104. The molecule has 0 spiro atoms. The fourth-order valence-corrected chi connectivity index (χ4v) is 4.94. The fourth-order valence-electron chi connectivity index (χ4n) is 4.94. The van der Waals surface area contributed by atoms with Crippen LogP contribution in [0.1, 0.15) is 34.9 Å². The zero-order valence-electron chi connectivity index (χ0n) is 13.6. The van der Waals surface area contributed by atoms with Crippen LogP contribution in [0.4, 0.5) is 0 Å². The molecule has 25 heavy (non-hydrogen) atoms. The summed E-state index contributed by atoms with van der Waals surface area (Å²) in [6, 6.07) is 17.3. The van der Waals surface area contributed by atoms with E-state index in [1.54, 1.807) is 0 Å². The molecule has 4 heteroatoms. The van der Waals surface area contributed by atoms with E-state index in [1.807, 2.05) is 54.6 Å². The highest BCUT2D eigenvalue weighted by Crippen LogP contribution is 2.57. The van der Waals surface area contributed by atoms with Crippen molar-refractivity contribution in [2.45, 2.75) is 24.8 Å². The lowest BCUT2D eigenvalue weighted by Gasteiger charge is -2.43. The first kappa shape index (κ1) is 14.6. The van der Waals surface area contributed by atoms with Crippen LogP contribution in [0.5, 0.6) is 0 Å². The quantitative estimate of drug-likeness (QED) is 0.795. The molecule has 1 aliphatic heterocycles. The Balaban J connectivity index is 1.57. The molecule has 0 aromatic heterocycles. The van der Waals surface area contributed by atoms with E-state index in [9.17, 15) is 14.4 Å². The number of hydrogen-bond donors (Lipinski definition) is 0. The van der Waals surface area contributed by atoms with E-state index in [1.165, 1.54) is 4.90 Å². The molecule has 2 fully saturated rings. The first-order chi connectivity index (χ1) is 12.2. The second-order valence-corrected chi connectivity index (χ2v) is 7.18. The van der Waals surface area contributed by atoms with Crippen LogP contribution in [0.3, 0.4) is 0 Å². The molecule has 6 rings (SSSR count). The van der Waals surface area contributed by atoms with Crippen molar-refractivity contribution < 1.29 is 14.4 Å². The third-order valence-electron chi connectivity index (χ3n) is 5.96. The Morgan fingerprint density at radius 1 is 0.800 bits per heavy atom. The number of amides is 2. The maximum atomic E-state index is 13.1. The van der Waals surface area contributed by atoms with Crippen molar-refractivity contribution in [3.63, 3.8) is 0 Å². The summed E-state index contributed by atoms with van der Waals surface area (Å²) in [7, 11) is 0. The summed E-state index contributed by atoms with van der Waals surface area (Å²) in [6.07, 6.45) is 0.376. The van der Waals surface area contributed by atoms with Crippen molar-refractivity contribution in [1.29, 1.82) is 0 Å². The predicted molar refractivity (Wildman–Crippen MR) is 90.5 cm³/mol. The normalized spacial score (nSPS) is 29.8. The Bertz CT molecular complexity index is 904. The van der Waals surface area contributed by atoms with Gasteiger partial charge in [0.1, 0.15) is 5.78 Å². The van der Waals surface area contributed by atoms with Gasteiger partial charge in [-0.05, 0) is 16.7 Å². The summed E-state index contributed by atoms with van der Waals surface area (Å²) in [5.74, 6) is -1.70. The number of carbonyl (C=O) groups is 3. The Kier molecular flexibility index (Phi) is 2.99. The number of carbonyl (C=O) groups excluding carboxylic acids is 3. The highest BCUT2D eigenvalue weighted by Gasteiger charge is 2.62. The summed E-state index contributed by atoms with van der Waals surface area (Å²) in [6.45, 7) is 0.287. The fraction of sp³-hybridized carbons (Fsp3) is 0.286. The average molecular weight is 331 g/mol. The molecule has 0 unspecified atom stereocenters. The van der Waals surface area contributed by atoms with Crippen molar-refractivity contribution in [2.24, 2.45) is 11.8 Å². The van der Waals surface area contributed by atoms with Gasteiger partial charge in [0.15, 0.2) is 0 Å². The van der Waals surface area contributed by atoms with Crippen molar-refractivity contribution in [1.82, 2.24) is 4.90 Å². The van der Waals surface area contributed by atoms with Gasteiger partial charge in [-0.3, -0.25) is 19.3 Å². The molecule has 4 nitrogen and oxygen atoms in total. The lowest BCUT2D eigenvalue weighted by atomic mass is 9.56. The molecule has 0 N–H and O–H groups in total. The molecule has 2 aromatic rings. The predicted octanol–water partition coefficient (Wildman–Crippen LogP) is 2.64. The number of rotatable bonds is 2. The van der Waals surface area contributed by atoms with Crippen molar-refractivity contribution in [3.8, 4) is 0 Å². The topological polar surface area (TPSA) is 54.5 Å². The van der Waals surface area contributed by atoms with Crippen molar-refractivity contribution in [2.75, 3.05) is 0 Å². The van der Waals surface area contributed by atoms with Gasteiger partial charge in [-0.2, -0.15) is 0 Å². The van der Waals surface area contributed by atoms with Crippen molar-refractivity contribution in [3.05, 3.63) is 71.3 Å². The smallest absolute Gasteiger partial charge is 0.234 e. The van der Waals surface area contributed by atoms with Gasteiger partial charge in [0.2, 0.25) is 11.8 Å². The second-order valence-electron chi connectivity index (χ2n) is 7.18. The molecular formula is C21H17NO3. The summed E-state index contributed by atoms with van der Waals surface area (Å²) >= 11 is 0. The lowest BCUT2D eigenvalue weighted by molar-refractivity contribution is -0.141. The zero-order valence-corrected chi connectivity index (χ0v) is 13.6. The van der Waals surface area contributed by atoms with Gasteiger partial charge in [0, 0.05) is 12.3 Å². The summed E-state index contributed by atoms with van der Waals surface area (Å²) in [5.41, 5.74) is 2.96. The van der Waals surface area contributed by atoms with E-state index in [-0.39, 0.29) is 36.0 Å². The Morgan fingerprint density at radius 3 is 2.20 bits per heavy atom. The molecule has 124 valence electrons. The number of fused-ring (bicyclic) bond motifs is 1. The maximum Gasteiger partial charge on any atom is 0.234 e. The molecule has 2 aromatic carbocycles. The summed E-state index contributed by atoms with van der Waals surface area (Å²) in [4.78, 5) is 40.1. The van der Waals surface area contributed by atoms with Crippen LogP contribution in [0.2, 0.25) is 0 Å². The largest absolute Gasteiger partial charge is 0.299 e. The van der Waals surface area contributed by atoms with Gasteiger partial charge in [-0.15, -0.1) is 0 Å². The average Bonchev–Trinajstić information content (AvgIpc) is 2.89.